The van der Waals surface area contributed by atoms with Crippen molar-refractivity contribution in [3.63, 3.8) is 0 Å². The molecule has 0 fully saturated rings. The number of rotatable bonds is 6. The average Bonchev–Trinajstić information content (AvgIpc) is 2.44. The van der Waals surface area contributed by atoms with Crippen molar-refractivity contribution in [3.8, 4) is 0 Å². The predicted octanol–water partition coefficient (Wildman–Crippen LogP) is 2.03. The molecule has 0 spiro atoms. The van der Waals surface area contributed by atoms with Gasteiger partial charge < -0.3 is 15.7 Å². The highest BCUT2D eigenvalue weighted by Gasteiger charge is 2.16. The topological polar surface area (TPSA) is 104 Å². The molecule has 7 heteroatoms. The summed E-state index contributed by atoms with van der Waals surface area (Å²) in [5.41, 5.74) is 1.26. The molecule has 0 heterocycles. The second kappa shape index (κ2) is 7.58. The van der Waals surface area contributed by atoms with Crippen LogP contribution in [0.1, 0.15) is 37.4 Å². The van der Waals surface area contributed by atoms with Gasteiger partial charge in [0.15, 0.2) is 0 Å². The highest BCUT2D eigenvalue weighted by Crippen LogP contribution is 2.23. The molecule has 0 bridgehead atoms. The maximum atomic E-state index is 11.8. The number of hydrogen-bond donors (Lipinski definition) is 3. The lowest BCUT2D eigenvalue weighted by atomic mass is 10.0. The fourth-order valence-electron chi connectivity index (χ4n) is 1.88. The minimum atomic E-state index is -0.440. The van der Waals surface area contributed by atoms with E-state index in [1.54, 1.807) is 26.0 Å². The summed E-state index contributed by atoms with van der Waals surface area (Å²) in [6.07, 6.45) is 0.619. The molecule has 0 aliphatic carbocycles. The molecule has 0 saturated heterocycles. The van der Waals surface area contributed by atoms with Gasteiger partial charge in [0.1, 0.15) is 0 Å². The molecule has 2 atom stereocenters. The number of benzene rings is 1. The molecule has 0 radical (unpaired) electrons. The number of aliphatic hydroxyl groups is 1. The molecule has 2 amide bonds. The van der Waals surface area contributed by atoms with Crippen LogP contribution in [0.5, 0.6) is 0 Å². The summed E-state index contributed by atoms with van der Waals surface area (Å²) in [6.45, 7) is 5.13. The number of hydrogen-bond acceptors (Lipinski definition) is 4. The fourth-order valence-corrected chi connectivity index (χ4v) is 1.88. The molecule has 1 rings (SSSR count). The Bertz CT molecular complexity index is 515. The Kier molecular flexibility index (Phi) is 6.10. The van der Waals surface area contributed by atoms with Crippen LogP contribution in [0, 0.1) is 17.0 Å². The van der Waals surface area contributed by atoms with E-state index in [9.17, 15) is 14.9 Å². The van der Waals surface area contributed by atoms with Gasteiger partial charge in [0.2, 0.25) is 0 Å². The van der Waals surface area contributed by atoms with Crippen molar-refractivity contribution >= 4 is 11.7 Å². The van der Waals surface area contributed by atoms with Crippen molar-refractivity contribution < 1.29 is 14.8 Å². The number of carbonyl (C=O) groups excluding carboxylic acids is 1. The van der Waals surface area contributed by atoms with E-state index in [1.807, 2.05) is 6.92 Å². The summed E-state index contributed by atoms with van der Waals surface area (Å²) in [5.74, 6) is 0. The highest BCUT2D eigenvalue weighted by atomic mass is 16.6. The Hall–Kier alpha value is -2.15. The van der Waals surface area contributed by atoms with Crippen LogP contribution in [0.2, 0.25) is 0 Å². The number of aryl methyl sites for hydroxylation is 1. The first-order valence-corrected chi connectivity index (χ1v) is 6.81. The first-order valence-electron chi connectivity index (χ1n) is 6.81. The third-order valence-corrected chi connectivity index (χ3v) is 3.33. The van der Waals surface area contributed by atoms with Gasteiger partial charge in [-0.1, -0.05) is 19.1 Å². The second-order valence-electron chi connectivity index (χ2n) is 4.93. The zero-order valence-corrected chi connectivity index (χ0v) is 12.4. The van der Waals surface area contributed by atoms with Crippen molar-refractivity contribution in [2.45, 2.75) is 39.3 Å². The number of nitro groups is 1. The largest absolute Gasteiger partial charge is 0.394 e. The fraction of sp³-hybridized carbons (Fsp3) is 0.500. The van der Waals surface area contributed by atoms with Gasteiger partial charge in [0.05, 0.1) is 23.6 Å². The van der Waals surface area contributed by atoms with E-state index in [-0.39, 0.29) is 24.4 Å². The molecule has 3 N–H and O–H groups in total. The maximum absolute atomic E-state index is 11.8. The molecule has 0 aliphatic rings. The number of aliphatic hydroxyl groups excluding tert-OH is 1. The van der Waals surface area contributed by atoms with Crippen LogP contribution in [0.3, 0.4) is 0 Å². The van der Waals surface area contributed by atoms with Gasteiger partial charge >= 0.3 is 6.03 Å². The molecule has 0 saturated carbocycles. The van der Waals surface area contributed by atoms with E-state index in [4.69, 9.17) is 5.11 Å². The van der Waals surface area contributed by atoms with Crippen LogP contribution in [-0.4, -0.2) is 28.7 Å². The second-order valence-corrected chi connectivity index (χ2v) is 4.93. The molecular formula is C14H21N3O4. The lowest BCUT2D eigenvalue weighted by molar-refractivity contribution is -0.385. The smallest absolute Gasteiger partial charge is 0.315 e. The number of amides is 2. The monoisotopic (exact) mass is 295 g/mol. The molecule has 0 aromatic heterocycles. The summed E-state index contributed by atoms with van der Waals surface area (Å²) in [4.78, 5) is 22.3. The van der Waals surface area contributed by atoms with E-state index in [2.05, 4.69) is 10.6 Å². The zero-order chi connectivity index (χ0) is 16.0. The van der Waals surface area contributed by atoms with Crippen molar-refractivity contribution in [3.05, 3.63) is 39.4 Å². The Morgan fingerprint density at radius 3 is 2.62 bits per heavy atom. The number of nitrogens with one attached hydrogen (secondary N) is 2. The van der Waals surface area contributed by atoms with Crippen LogP contribution in [0.15, 0.2) is 18.2 Å². The Balaban J connectivity index is 2.75. The Morgan fingerprint density at radius 1 is 1.43 bits per heavy atom. The van der Waals surface area contributed by atoms with E-state index < -0.39 is 11.0 Å². The maximum Gasteiger partial charge on any atom is 0.315 e. The summed E-state index contributed by atoms with van der Waals surface area (Å²) in [6, 6.07) is 3.78. The van der Waals surface area contributed by atoms with E-state index in [0.29, 0.717) is 17.5 Å². The molecule has 116 valence electrons. The van der Waals surface area contributed by atoms with Crippen molar-refractivity contribution in [2.75, 3.05) is 6.61 Å². The highest BCUT2D eigenvalue weighted by molar-refractivity contribution is 5.74. The van der Waals surface area contributed by atoms with E-state index >= 15 is 0 Å². The van der Waals surface area contributed by atoms with Crippen molar-refractivity contribution in [2.24, 2.45) is 0 Å². The minimum Gasteiger partial charge on any atom is -0.394 e. The molecule has 2 unspecified atom stereocenters. The first-order chi connectivity index (χ1) is 9.88. The Morgan fingerprint density at radius 2 is 2.10 bits per heavy atom. The predicted molar refractivity (Wildman–Crippen MR) is 79.1 cm³/mol. The number of urea groups is 1. The standard InChI is InChI=1S/C14H21N3O4/c1-4-12(8-18)16-14(19)15-10(3)11-6-5-9(2)13(7-11)17(20)21/h5-7,10,12,18H,4,8H2,1-3H3,(H2,15,16,19). The lowest BCUT2D eigenvalue weighted by Crippen LogP contribution is -2.44. The molecular weight excluding hydrogens is 274 g/mol. The van der Waals surface area contributed by atoms with Crippen LogP contribution < -0.4 is 10.6 Å². The molecule has 7 nitrogen and oxygen atoms in total. The van der Waals surface area contributed by atoms with E-state index in [1.165, 1.54) is 6.07 Å². The molecule has 0 aliphatic heterocycles. The average molecular weight is 295 g/mol. The third-order valence-electron chi connectivity index (χ3n) is 3.33. The molecule has 1 aromatic rings. The zero-order valence-electron chi connectivity index (χ0n) is 12.4. The summed E-state index contributed by atoms with van der Waals surface area (Å²) < 4.78 is 0. The van der Waals surface area contributed by atoms with Gasteiger partial charge in [0.25, 0.3) is 5.69 Å². The SMILES string of the molecule is CCC(CO)NC(=O)NC(C)c1ccc(C)c([N+](=O)[O-])c1. The normalized spacial score (nSPS) is 13.3. The molecule has 21 heavy (non-hydrogen) atoms. The van der Waals surface area contributed by atoms with E-state index in [0.717, 1.165) is 0 Å². The van der Waals surface area contributed by atoms with Gasteiger partial charge in [-0.05, 0) is 25.8 Å². The van der Waals surface area contributed by atoms with Gasteiger partial charge in [-0.25, -0.2) is 4.79 Å². The minimum absolute atomic E-state index is 0.0309. The summed E-state index contributed by atoms with van der Waals surface area (Å²) >= 11 is 0. The van der Waals surface area contributed by atoms with Crippen LogP contribution in [0.4, 0.5) is 10.5 Å². The van der Waals surface area contributed by atoms with Gasteiger partial charge in [-0.2, -0.15) is 0 Å². The van der Waals surface area contributed by atoms with Crippen LogP contribution >= 0.6 is 0 Å². The summed E-state index contributed by atoms with van der Waals surface area (Å²) in [5, 5.41) is 25.3. The summed E-state index contributed by atoms with van der Waals surface area (Å²) in [7, 11) is 0. The van der Waals surface area contributed by atoms with Crippen LogP contribution in [0.25, 0.3) is 0 Å². The van der Waals surface area contributed by atoms with Crippen molar-refractivity contribution in [1.82, 2.24) is 10.6 Å². The van der Waals surface area contributed by atoms with Crippen LogP contribution in [-0.2, 0) is 0 Å². The number of carbonyl (C=O) groups is 1. The van der Waals surface area contributed by atoms with Gasteiger partial charge in [-0.15, -0.1) is 0 Å². The quantitative estimate of drug-likeness (QED) is 0.551. The van der Waals surface area contributed by atoms with Gasteiger partial charge in [-0.3, -0.25) is 10.1 Å². The number of nitro benzene ring substituents is 1. The lowest BCUT2D eigenvalue weighted by Gasteiger charge is -2.19. The first kappa shape index (κ1) is 16.9. The van der Waals surface area contributed by atoms with Gasteiger partial charge in [0, 0.05) is 11.6 Å². The number of nitrogens with zero attached hydrogens (tertiary/aromatic N) is 1. The third kappa shape index (κ3) is 4.71. The van der Waals surface area contributed by atoms with Crippen molar-refractivity contribution in [1.29, 1.82) is 0 Å². The Labute approximate surface area is 123 Å². The molecule has 1 aromatic carbocycles.